The number of fused-ring (bicyclic) bond motifs is 1. The second kappa shape index (κ2) is 7.03. The van der Waals surface area contributed by atoms with Crippen LogP contribution < -0.4 is 10.6 Å². The highest BCUT2D eigenvalue weighted by molar-refractivity contribution is 9.10. The molecule has 0 aliphatic carbocycles. The average Bonchev–Trinajstić information content (AvgIpc) is 3.26. The summed E-state index contributed by atoms with van der Waals surface area (Å²) in [7, 11) is 0. The standard InChI is InChI=1S/C17H8BrF6N3O3S/c18-8-1-2-11-7(3-8)4-9(13(28)30-11)10-6-31-14(25-10)27-15(29,17(22,23)24)5-12(26-27)16(19,20)21/h1-4,6,29H,5H2/t15-/m1/s1. The van der Waals surface area contributed by atoms with Crippen molar-refractivity contribution in [2.75, 3.05) is 5.01 Å². The van der Waals surface area contributed by atoms with E-state index in [9.17, 15) is 36.2 Å². The van der Waals surface area contributed by atoms with Gasteiger partial charge in [-0.25, -0.2) is 9.78 Å². The highest BCUT2D eigenvalue weighted by Gasteiger charge is 2.65. The van der Waals surface area contributed by atoms with Gasteiger partial charge in [-0.2, -0.15) is 36.5 Å². The van der Waals surface area contributed by atoms with E-state index in [1.807, 2.05) is 0 Å². The number of benzene rings is 1. The molecule has 1 N–H and O–H groups in total. The lowest BCUT2D eigenvalue weighted by molar-refractivity contribution is -0.255. The van der Waals surface area contributed by atoms with Crippen molar-refractivity contribution in [3.63, 3.8) is 0 Å². The van der Waals surface area contributed by atoms with Gasteiger partial charge in [-0.3, -0.25) is 0 Å². The van der Waals surface area contributed by atoms with Crippen LogP contribution in [0.2, 0.25) is 0 Å². The minimum atomic E-state index is -5.47. The summed E-state index contributed by atoms with van der Waals surface area (Å²) in [5.41, 5.74) is -6.61. The molecule has 1 aromatic carbocycles. The van der Waals surface area contributed by atoms with Crippen LogP contribution in [0.3, 0.4) is 0 Å². The van der Waals surface area contributed by atoms with Crippen molar-refractivity contribution in [2.24, 2.45) is 5.10 Å². The smallest absolute Gasteiger partial charge is 0.422 e. The van der Waals surface area contributed by atoms with E-state index >= 15 is 0 Å². The van der Waals surface area contributed by atoms with Crippen LogP contribution in [0.4, 0.5) is 31.5 Å². The Morgan fingerprint density at radius 3 is 2.55 bits per heavy atom. The molecule has 0 saturated heterocycles. The molecule has 4 rings (SSSR count). The van der Waals surface area contributed by atoms with Crippen molar-refractivity contribution < 1.29 is 35.9 Å². The maximum Gasteiger partial charge on any atom is 0.438 e. The van der Waals surface area contributed by atoms with Gasteiger partial charge in [0.15, 0.2) is 0 Å². The lowest BCUT2D eigenvalue weighted by Gasteiger charge is -2.32. The van der Waals surface area contributed by atoms with Crippen molar-refractivity contribution in [3.05, 3.63) is 44.5 Å². The summed E-state index contributed by atoms with van der Waals surface area (Å²) < 4.78 is 85.0. The Morgan fingerprint density at radius 2 is 1.90 bits per heavy atom. The molecule has 0 saturated carbocycles. The minimum Gasteiger partial charge on any atom is -0.422 e. The third-order valence-corrected chi connectivity index (χ3v) is 5.72. The molecule has 31 heavy (non-hydrogen) atoms. The molecule has 2 aromatic heterocycles. The molecule has 1 aliphatic rings. The van der Waals surface area contributed by atoms with Crippen molar-refractivity contribution in [1.29, 1.82) is 0 Å². The van der Waals surface area contributed by atoms with Gasteiger partial charge >= 0.3 is 18.0 Å². The Bertz CT molecular complexity index is 1270. The van der Waals surface area contributed by atoms with Gasteiger partial charge in [-0.1, -0.05) is 15.9 Å². The summed E-state index contributed by atoms with van der Waals surface area (Å²) in [6.45, 7) is 0. The third kappa shape index (κ3) is 3.72. The van der Waals surface area contributed by atoms with Crippen LogP contribution in [-0.4, -0.2) is 33.9 Å². The van der Waals surface area contributed by atoms with Gasteiger partial charge in [-0.15, -0.1) is 11.3 Å². The molecule has 6 nitrogen and oxygen atoms in total. The first-order valence-electron chi connectivity index (χ1n) is 8.23. The molecule has 1 aliphatic heterocycles. The number of hydrogen-bond acceptors (Lipinski definition) is 7. The molecule has 3 aromatic rings. The number of aliphatic hydroxyl groups is 1. The molecule has 3 heterocycles. The monoisotopic (exact) mass is 527 g/mol. The van der Waals surface area contributed by atoms with Crippen molar-refractivity contribution in [1.82, 2.24) is 4.98 Å². The van der Waals surface area contributed by atoms with Crippen LogP contribution in [0.1, 0.15) is 6.42 Å². The quantitative estimate of drug-likeness (QED) is 0.372. The zero-order chi connectivity index (χ0) is 22.8. The fraction of sp³-hybridized carbons (Fsp3) is 0.235. The van der Waals surface area contributed by atoms with E-state index < -0.39 is 41.0 Å². The number of thiazole rings is 1. The number of alkyl halides is 6. The zero-order valence-corrected chi connectivity index (χ0v) is 17.2. The van der Waals surface area contributed by atoms with Gasteiger partial charge in [0.2, 0.25) is 5.13 Å². The van der Waals surface area contributed by atoms with Crippen LogP contribution in [0.15, 0.2) is 48.4 Å². The maximum absolute atomic E-state index is 13.4. The normalized spacial score (nSPS) is 19.9. The van der Waals surface area contributed by atoms with E-state index in [-0.39, 0.29) is 21.8 Å². The second-order valence-electron chi connectivity index (χ2n) is 6.49. The Balaban J connectivity index is 1.80. The molecule has 0 bridgehead atoms. The number of rotatable bonds is 2. The molecule has 14 heteroatoms. The minimum absolute atomic E-state index is 0.122. The van der Waals surface area contributed by atoms with Crippen LogP contribution in [0.5, 0.6) is 0 Å². The maximum atomic E-state index is 13.4. The highest BCUT2D eigenvalue weighted by atomic mass is 79.9. The van der Waals surface area contributed by atoms with Crippen LogP contribution in [0, 0.1) is 0 Å². The second-order valence-corrected chi connectivity index (χ2v) is 8.24. The number of hydrazone groups is 1. The molecule has 0 spiro atoms. The van der Waals surface area contributed by atoms with Crippen molar-refractivity contribution in [3.8, 4) is 11.3 Å². The van der Waals surface area contributed by atoms with Crippen LogP contribution in [0.25, 0.3) is 22.2 Å². The summed E-state index contributed by atoms with van der Waals surface area (Å²) >= 11 is 3.73. The zero-order valence-electron chi connectivity index (χ0n) is 14.8. The Kier molecular flexibility index (Phi) is 4.94. The van der Waals surface area contributed by atoms with Crippen LogP contribution >= 0.6 is 27.3 Å². The first-order chi connectivity index (χ1) is 14.3. The van der Waals surface area contributed by atoms with E-state index in [1.165, 1.54) is 12.1 Å². The lowest BCUT2D eigenvalue weighted by atomic mass is 10.1. The third-order valence-electron chi connectivity index (χ3n) is 4.41. The summed E-state index contributed by atoms with van der Waals surface area (Å²) in [5, 5.41) is 13.7. The molecule has 0 fully saturated rings. The van der Waals surface area contributed by atoms with Crippen molar-refractivity contribution >= 4 is 49.1 Å². The largest absolute Gasteiger partial charge is 0.438 e. The highest BCUT2D eigenvalue weighted by Crippen LogP contribution is 2.46. The van der Waals surface area contributed by atoms with Gasteiger partial charge in [-0.05, 0) is 24.3 Å². The van der Waals surface area contributed by atoms with Gasteiger partial charge < -0.3 is 9.52 Å². The fourth-order valence-electron chi connectivity index (χ4n) is 2.88. The van der Waals surface area contributed by atoms with E-state index in [0.717, 1.165) is 5.38 Å². The van der Waals surface area contributed by atoms with E-state index in [0.29, 0.717) is 21.2 Å². The molecule has 1 atom stereocenters. The van der Waals surface area contributed by atoms with E-state index in [4.69, 9.17) is 4.42 Å². The fourth-order valence-corrected chi connectivity index (χ4v) is 4.10. The summed E-state index contributed by atoms with van der Waals surface area (Å²) in [4.78, 5) is 16.1. The predicted molar refractivity (Wildman–Crippen MR) is 103 cm³/mol. The summed E-state index contributed by atoms with van der Waals surface area (Å²) in [6.07, 6.45) is -12.5. The molecular weight excluding hydrogens is 520 g/mol. The van der Waals surface area contributed by atoms with Gasteiger partial charge in [0, 0.05) is 15.2 Å². The summed E-state index contributed by atoms with van der Waals surface area (Å²) in [5.74, 6) is 0. The number of halogens is 7. The van der Waals surface area contributed by atoms with Crippen molar-refractivity contribution in [2.45, 2.75) is 24.5 Å². The molecule has 0 unspecified atom stereocenters. The number of hydrogen-bond donors (Lipinski definition) is 1. The first-order valence-corrected chi connectivity index (χ1v) is 9.90. The molecular formula is C17H8BrF6N3O3S. The molecule has 164 valence electrons. The van der Waals surface area contributed by atoms with E-state index in [1.54, 1.807) is 12.1 Å². The molecule has 0 radical (unpaired) electrons. The lowest BCUT2D eigenvalue weighted by Crippen LogP contribution is -2.55. The predicted octanol–water partition coefficient (Wildman–Crippen LogP) is 5.06. The Morgan fingerprint density at radius 1 is 1.19 bits per heavy atom. The average molecular weight is 528 g/mol. The Hall–Kier alpha value is -2.45. The number of aromatic nitrogens is 1. The van der Waals surface area contributed by atoms with Crippen LogP contribution in [-0.2, 0) is 0 Å². The SMILES string of the molecule is O=c1oc2ccc(Br)cc2cc1-c1csc(N2N=C(C(F)(F)F)C[C@@]2(O)C(F)(F)F)n1. The van der Waals surface area contributed by atoms with Gasteiger partial charge in [0.1, 0.15) is 11.3 Å². The number of anilines is 1. The topological polar surface area (TPSA) is 78.9 Å². The van der Waals surface area contributed by atoms with Gasteiger partial charge in [0.05, 0.1) is 17.7 Å². The first kappa shape index (κ1) is 21.8. The Labute approximate surface area is 180 Å². The number of nitrogens with zero attached hydrogens (tertiary/aromatic N) is 3. The summed E-state index contributed by atoms with van der Waals surface area (Å²) in [6, 6.07) is 6.17. The van der Waals surface area contributed by atoms with E-state index in [2.05, 4.69) is 26.0 Å². The van der Waals surface area contributed by atoms with Gasteiger partial charge in [0.25, 0.3) is 5.72 Å². The molecule has 0 amide bonds.